The molecule has 14 heterocycles. The van der Waals surface area contributed by atoms with Crippen LogP contribution in [0, 0.1) is 13.8 Å². The fourth-order valence-electron chi connectivity index (χ4n) is 23.3. The molecular formula is C111H147ClFLiN20O12. The van der Waals surface area contributed by atoms with Gasteiger partial charge in [0.1, 0.15) is 46.8 Å². The largest absolute Gasteiger partial charge is 1.00 e. The number of nitrogens with two attached hydrogens (primary N) is 1. The zero-order valence-electron chi connectivity index (χ0n) is 88.4. The van der Waals surface area contributed by atoms with Crippen LogP contribution in [-0.4, -0.2) is 245 Å². The molecule has 0 bridgehead atoms. The monoisotopic (exact) mass is 2010 g/mol. The Hall–Kier alpha value is -12.0. The maximum atomic E-state index is 13.2. The maximum absolute atomic E-state index is 13.2. The van der Waals surface area contributed by atoms with Crippen LogP contribution in [0.4, 0.5) is 90.6 Å². The van der Waals surface area contributed by atoms with Crippen LogP contribution < -0.4 is 89.1 Å². The Morgan fingerprint density at radius 1 is 0.418 bits per heavy atom. The van der Waals surface area contributed by atoms with Crippen LogP contribution >= 0.6 is 11.6 Å². The normalized spacial score (nSPS) is 20.3. The second kappa shape index (κ2) is 54.1. The Morgan fingerprint density at radius 2 is 0.733 bits per heavy atom. The van der Waals surface area contributed by atoms with E-state index < -0.39 is 7.15 Å². The van der Waals surface area contributed by atoms with Crippen molar-refractivity contribution in [1.82, 2.24) is 35.1 Å². The molecule has 778 valence electrons. The number of rotatable bonds is 13. The number of hydrogen-bond donors (Lipinski definition) is 3. The minimum Gasteiger partial charge on any atom is -0.870 e. The molecule has 4 aromatic carbocycles. The number of nitrogens with one attached hydrogen (secondary N) is 2. The average molecular weight is 2020 g/mol. The number of hydrogen-bond acceptors (Lipinski definition) is 27. The topological polar surface area (TPSA) is 362 Å². The molecule has 14 aliphatic rings. The predicted molar refractivity (Wildman–Crippen MR) is 567 cm³/mol. The van der Waals surface area contributed by atoms with Crippen molar-refractivity contribution in [2.75, 3.05) is 161 Å². The van der Waals surface area contributed by atoms with E-state index in [0.29, 0.717) is 35.4 Å². The Labute approximate surface area is 878 Å². The van der Waals surface area contributed by atoms with Crippen LogP contribution in [0.15, 0.2) is 127 Å². The minimum atomic E-state index is -1.00. The number of para-hydroxylation sites is 1. The summed E-state index contributed by atoms with van der Waals surface area (Å²) in [5.41, 5.74) is 23.1. The second-order valence-corrected chi connectivity index (χ2v) is 40.2. The van der Waals surface area contributed by atoms with E-state index in [4.69, 9.17) is 62.4 Å². The molecule has 10 aliphatic heterocycles. The second-order valence-electron chi connectivity index (χ2n) is 39.8. The zero-order chi connectivity index (χ0) is 104. The molecule has 4 aliphatic carbocycles. The van der Waals surface area contributed by atoms with Crippen molar-refractivity contribution in [2.45, 2.75) is 282 Å². The van der Waals surface area contributed by atoms with Crippen LogP contribution in [0.1, 0.15) is 227 Å². The van der Waals surface area contributed by atoms with Gasteiger partial charge in [0.2, 0.25) is 23.6 Å². The molecule has 0 spiro atoms. The molecule has 146 heavy (non-hydrogen) atoms. The number of amides is 5. The fraction of sp³-hybridized carbons (Fsp3) is 0.532. The van der Waals surface area contributed by atoms with Crippen molar-refractivity contribution in [2.24, 2.45) is 5.73 Å². The van der Waals surface area contributed by atoms with Crippen LogP contribution in [-0.2, 0) is 73.6 Å². The van der Waals surface area contributed by atoms with E-state index in [9.17, 15) is 28.4 Å². The first-order valence-electron chi connectivity index (χ1n) is 52.5. The smallest absolute Gasteiger partial charge is 0.870 e. The molecule has 32 nitrogen and oxygen atoms in total. The van der Waals surface area contributed by atoms with E-state index in [1.807, 2.05) is 56.2 Å². The first-order valence-corrected chi connectivity index (χ1v) is 52.2. The molecule has 0 unspecified atom stereocenters. The molecule has 22 rings (SSSR count). The number of carbonyl (C=O) groups is 5. The number of likely N-dealkylation sites (tertiary alicyclic amines) is 2. The summed E-state index contributed by atoms with van der Waals surface area (Å²) in [7, 11) is 10.8. The predicted octanol–water partition coefficient (Wildman–Crippen LogP) is 13.9. The van der Waals surface area contributed by atoms with Crippen molar-refractivity contribution >= 4 is 146 Å². The van der Waals surface area contributed by atoms with Gasteiger partial charge in [-0.25, -0.2) is 19.9 Å². The number of nitrogens with zero attached hydrogens (tertiary/aromatic N) is 17. The van der Waals surface area contributed by atoms with Crippen LogP contribution in [0.25, 0.3) is 0 Å². The number of alkyl halides is 1. The summed E-state index contributed by atoms with van der Waals surface area (Å²) in [5.74, 6) is 7.43. The van der Waals surface area contributed by atoms with Crippen LogP contribution in [0.3, 0.4) is 0 Å². The number of benzene rings is 4. The van der Waals surface area contributed by atoms with E-state index >= 15 is 0 Å². The van der Waals surface area contributed by atoms with E-state index in [1.165, 1.54) is 134 Å². The average Bonchev–Trinajstić information content (AvgIpc) is 1.74. The number of piperidine rings is 2. The molecule has 4 aromatic heterocycles. The van der Waals surface area contributed by atoms with Crippen molar-refractivity contribution in [3.8, 4) is 0 Å². The van der Waals surface area contributed by atoms with Crippen molar-refractivity contribution < 1.29 is 82.8 Å². The van der Waals surface area contributed by atoms with Crippen molar-refractivity contribution in [1.29, 1.82) is 0 Å². The van der Waals surface area contributed by atoms with E-state index in [-0.39, 0.29) is 103 Å². The molecule has 6 fully saturated rings. The maximum Gasteiger partial charge on any atom is 1.00 e. The number of aryl methyl sites for hydroxylation is 2. The summed E-state index contributed by atoms with van der Waals surface area (Å²) in [6.07, 6.45) is 31.5. The van der Waals surface area contributed by atoms with Gasteiger partial charge in [-0.3, -0.25) is 28.4 Å². The number of pyridine rings is 4. The third kappa shape index (κ3) is 26.0. The molecule has 4 atom stereocenters. The summed E-state index contributed by atoms with van der Waals surface area (Å²) in [4.78, 5) is 162. The van der Waals surface area contributed by atoms with Gasteiger partial charge in [0.15, 0.2) is 23.3 Å². The van der Waals surface area contributed by atoms with E-state index in [0.717, 1.165) is 223 Å². The number of halogens is 2. The molecule has 4 saturated carbocycles. The van der Waals surface area contributed by atoms with E-state index in [1.54, 1.807) is 15.9 Å². The summed E-state index contributed by atoms with van der Waals surface area (Å²) in [6, 6.07) is 45.9. The first-order chi connectivity index (χ1) is 70.1. The van der Waals surface area contributed by atoms with Gasteiger partial charge in [0.05, 0.1) is 31.3 Å². The fourth-order valence-corrected chi connectivity index (χ4v) is 23.5. The molecule has 0 radical (unpaired) electrons. The third-order valence-electron chi connectivity index (χ3n) is 30.9. The van der Waals surface area contributed by atoms with Gasteiger partial charge < -0.3 is 85.5 Å². The Morgan fingerprint density at radius 3 is 1.11 bits per heavy atom. The van der Waals surface area contributed by atoms with Gasteiger partial charge in [-0.05, 0) is 290 Å². The van der Waals surface area contributed by atoms with Gasteiger partial charge in [0, 0.05) is 119 Å². The quantitative estimate of drug-likeness (QED) is 0.0713. The Bertz CT molecular complexity index is 5840. The minimum absolute atomic E-state index is 0. The van der Waals surface area contributed by atoms with Crippen LogP contribution in [0.2, 0.25) is 5.15 Å². The summed E-state index contributed by atoms with van der Waals surface area (Å²) < 4.78 is 15.5. The number of carbonyl (C=O) groups excluding carboxylic acids is 11. The van der Waals surface area contributed by atoms with Gasteiger partial charge in [-0.15, -0.1) is 0 Å². The van der Waals surface area contributed by atoms with E-state index in [2.05, 4.69) is 218 Å². The van der Waals surface area contributed by atoms with Crippen molar-refractivity contribution in [3.05, 3.63) is 171 Å². The standard InChI is InChI=1S/C30H40N6O2.C24H30N4O.C23H28N4O.C15H20ClN3O.C9H11N.C6H14N2.CH3F.3CO2.Li.H2O/c1-4-24-30(38)34(3)26-11-12-27(32-28(26)36(24)23-7-5-6-8-23)35-18-13-20-19-21(9-10-25(20)35)29(37)31-22-14-16-33(2)17-15-22;1-4-19-24(29)26(3)21-11-12-22(25-23(21)28(19)18-7-5-6-8-18)27-14-13-17-15-16(2)9-10-20(17)27;1-3-18-23(28)25(2)20-12-13-21(24-22(20)27(18)17-9-5-6-10-17)26-15-14-16-8-4-7-11-19(16)26;1-3-11-15(20)18(2)12-8-9-13(16)17-14(12)19(11)10-6-4-5-7-10;1-7-2-3-9-8(6-7)4-5-10-9;1-8-4-2-6(7)3-5-8;1-2;3*2-1-3;;/h9-12,19,22-24H,4-8,13-18H2,1-3H3,(H,31,37);9-12,15,18-19H,4-8,13-14H2,1-3H3;4,7-8,11-13,17-18H,3,5-6,9-10,14-15H2,1-2H3;8-11H,3-7H2,1-2H3;2-3,6,10H,4-5H2,1H3;6H,2-5,7H2,1H3;1H3;;;;;1H2/q;;;;;;;;;;+1;/p-1/t24-;19-;18-;11-;;;;;;;;/m1111......../s1/i;;;;;;1D;;;;;. The Balaban J connectivity index is 0.000000171. The molecule has 35 heteroatoms. The molecule has 2 saturated heterocycles. The van der Waals surface area contributed by atoms with Gasteiger partial charge in [-0.1, -0.05) is 144 Å². The van der Waals surface area contributed by atoms with Crippen LogP contribution in [0.5, 0.6) is 0 Å². The molecular weight excluding hydrogens is 1870 g/mol. The zero-order valence-corrected chi connectivity index (χ0v) is 88.2. The molecule has 5 amide bonds. The van der Waals surface area contributed by atoms with Gasteiger partial charge in [-0.2, -0.15) is 28.8 Å². The first kappa shape index (κ1) is 113. The summed E-state index contributed by atoms with van der Waals surface area (Å²) in [5, 5.41) is 7.06. The molecule has 8 aromatic rings. The summed E-state index contributed by atoms with van der Waals surface area (Å²) in [6.45, 7) is 21.0. The van der Waals surface area contributed by atoms with Gasteiger partial charge >= 0.3 is 37.3 Å². The number of anilines is 15. The summed E-state index contributed by atoms with van der Waals surface area (Å²) >= 11 is 6.08. The molecule has 5 N–H and O–H groups in total. The third-order valence-corrected chi connectivity index (χ3v) is 31.1. The van der Waals surface area contributed by atoms with Gasteiger partial charge in [0.25, 0.3) is 5.91 Å². The Kier molecular flexibility index (Phi) is 41.8. The SMILES string of the molecule is CC[C@@H]1C(=O)N(C)c2ccc(Cl)nc2N1C1CCCC1.CC[C@@H]1C(=O)N(C)c2ccc(N3CCc4cc(C(=O)NC5CCN(C)CC5)ccc43)nc2N1C1CCCC1.CC[C@@H]1C(=O)N(C)c2ccc(N3CCc4cc(C)ccc43)nc2N1C1CCCC1.CC[C@@H]1C(=O)N(C)c2ccc(N3CCc4ccccc43)nc2N1C1CCCC1.CN1CCC(N)CC1.Cc1ccc2c(c1)CCN2.O=C=O.O=C=O.O=C=O.[2H]CF.[Li+].[OH-]. The number of aromatic nitrogens is 4. The number of fused-ring (bicyclic) bond motifs is 8. The number of likely N-dealkylation sites (N-methyl/N-ethyl adjacent to an activating group) is 4. The van der Waals surface area contributed by atoms with Crippen molar-refractivity contribution in [3.63, 3.8) is 0 Å².